The molecule has 0 unspecified atom stereocenters. The minimum absolute atomic E-state index is 0.293. The van der Waals surface area contributed by atoms with Gasteiger partial charge in [0.25, 0.3) is 11.8 Å². The summed E-state index contributed by atoms with van der Waals surface area (Å²) in [6, 6.07) is 15.2. The lowest BCUT2D eigenvalue weighted by atomic mass is 10.0. The Kier molecular flexibility index (Phi) is 7.96. The second-order valence-electron chi connectivity index (χ2n) is 7.39. The Hall–Kier alpha value is -3.66. The zero-order chi connectivity index (χ0) is 25.8. The summed E-state index contributed by atoms with van der Waals surface area (Å²) in [5.74, 6) is -0.705. The molecule has 2 N–H and O–H groups in total. The van der Waals surface area contributed by atoms with E-state index in [1.807, 2.05) is 6.07 Å². The average Bonchev–Trinajstić information content (AvgIpc) is 3.10. The molecule has 182 valence electrons. The number of alkyl halides is 3. The first-order chi connectivity index (χ1) is 16.6. The highest BCUT2D eigenvalue weighted by Gasteiger charge is 2.37. The van der Waals surface area contributed by atoms with Gasteiger partial charge in [0.1, 0.15) is 11.5 Å². The molecule has 0 aliphatic carbocycles. The van der Waals surface area contributed by atoms with Gasteiger partial charge in [-0.3, -0.25) is 14.3 Å². The fourth-order valence-electron chi connectivity index (χ4n) is 3.38. The standard InChI is InChI=1S/C25H22BrF3N4O2/c1-4-18(19(5-2)25(27,28)29)24(35)30-17-13-11-15(12-14-17)21-20(26)22(33(3)32-21)31-23(34)16-9-7-6-8-10-16/h4-14H,1-3H3,(H,30,35)(H,31,34)/b18-4+,19-5+. The summed E-state index contributed by atoms with van der Waals surface area (Å²) in [5.41, 5.74) is 0.555. The largest absolute Gasteiger partial charge is 0.416 e. The SMILES string of the molecule is C/C=C(C(=O)Nc1ccc(-c2nn(C)c(NC(=O)c3ccccc3)c2Br)cc1)\C(=C/C)C(F)(F)F. The van der Waals surface area contributed by atoms with Crippen LogP contribution in [0.15, 0.2) is 82.4 Å². The van der Waals surface area contributed by atoms with Gasteiger partial charge >= 0.3 is 6.18 Å². The molecule has 0 fully saturated rings. The summed E-state index contributed by atoms with van der Waals surface area (Å²) >= 11 is 3.48. The van der Waals surface area contributed by atoms with Crippen molar-refractivity contribution < 1.29 is 22.8 Å². The molecule has 2 amide bonds. The summed E-state index contributed by atoms with van der Waals surface area (Å²) in [6.45, 7) is 2.61. The van der Waals surface area contributed by atoms with Crippen LogP contribution >= 0.6 is 15.9 Å². The number of nitrogens with zero attached hydrogens (tertiary/aromatic N) is 2. The number of aromatic nitrogens is 2. The fourth-order valence-corrected chi connectivity index (χ4v) is 4.04. The van der Waals surface area contributed by atoms with Gasteiger partial charge in [-0.25, -0.2) is 0 Å². The van der Waals surface area contributed by atoms with Crippen LogP contribution in [0.3, 0.4) is 0 Å². The van der Waals surface area contributed by atoms with E-state index in [1.165, 1.54) is 18.5 Å². The lowest BCUT2D eigenvalue weighted by Gasteiger charge is -2.15. The van der Waals surface area contributed by atoms with E-state index in [9.17, 15) is 22.8 Å². The third-order valence-corrected chi connectivity index (χ3v) is 5.84. The molecule has 1 heterocycles. The fraction of sp³-hybridized carbons (Fsp3) is 0.160. The lowest BCUT2D eigenvalue weighted by molar-refractivity contribution is -0.115. The van der Waals surface area contributed by atoms with Crippen LogP contribution in [-0.4, -0.2) is 27.8 Å². The maximum absolute atomic E-state index is 13.2. The van der Waals surface area contributed by atoms with Crippen molar-refractivity contribution in [3.05, 3.63) is 87.9 Å². The molecule has 0 radical (unpaired) electrons. The Morgan fingerprint density at radius 2 is 1.60 bits per heavy atom. The Morgan fingerprint density at radius 1 is 0.971 bits per heavy atom. The van der Waals surface area contributed by atoms with Crippen LogP contribution in [0, 0.1) is 0 Å². The molecule has 10 heteroatoms. The number of amides is 2. The number of hydrogen-bond donors (Lipinski definition) is 2. The van der Waals surface area contributed by atoms with Crippen molar-refractivity contribution in [1.29, 1.82) is 0 Å². The van der Waals surface area contributed by atoms with E-state index in [4.69, 9.17) is 0 Å². The highest BCUT2D eigenvalue weighted by atomic mass is 79.9. The van der Waals surface area contributed by atoms with Gasteiger partial charge in [0, 0.05) is 29.4 Å². The summed E-state index contributed by atoms with van der Waals surface area (Å²) in [5, 5.41) is 9.76. The number of carbonyl (C=O) groups excluding carboxylic acids is 2. The van der Waals surface area contributed by atoms with Crippen LogP contribution in [0.4, 0.5) is 24.7 Å². The van der Waals surface area contributed by atoms with E-state index in [0.717, 1.165) is 12.2 Å². The minimum Gasteiger partial charge on any atom is -0.322 e. The topological polar surface area (TPSA) is 76.0 Å². The van der Waals surface area contributed by atoms with Crippen LogP contribution in [-0.2, 0) is 11.8 Å². The first-order valence-electron chi connectivity index (χ1n) is 10.5. The molecule has 0 bridgehead atoms. The van der Waals surface area contributed by atoms with Crippen LogP contribution in [0.1, 0.15) is 24.2 Å². The van der Waals surface area contributed by atoms with Crippen molar-refractivity contribution in [1.82, 2.24) is 9.78 Å². The van der Waals surface area contributed by atoms with Crippen LogP contribution in [0.25, 0.3) is 11.3 Å². The van der Waals surface area contributed by atoms with E-state index < -0.39 is 23.2 Å². The third-order valence-electron chi connectivity index (χ3n) is 5.09. The Labute approximate surface area is 208 Å². The van der Waals surface area contributed by atoms with E-state index in [0.29, 0.717) is 32.8 Å². The van der Waals surface area contributed by atoms with Crippen LogP contribution in [0.2, 0.25) is 0 Å². The zero-order valence-corrected chi connectivity index (χ0v) is 20.7. The first kappa shape index (κ1) is 26.0. The lowest BCUT2D eigenvalue weighted by Crippen LogP contribution is -2.23. The molecule has 2 aromatic carbocycles. The van der Waals surface area contributed by atoms with Gasteiger partial charge < -0.3 is 10.6 Å². The first-order valence-corrected chi connectivity index (χ1v) is 11.3. The summed E-state index contributed by atoms with van der Waals surface area (Å²) < 4.78 is 41.7. The van der Waals surface area contributed by atoms with Crippen LogP contribution in [0.5, 0.6) is 0 Å². The van der Waals surface area contributed by atoms with E-state index in [1.54, 1.807) is 55.6 Å². The van der Waals surface area contributed by atoms with Crippen molar-refractivity contribution in [3.63, 3.8) is 0 Å². The minimum atomic E-state index is -4.64. The van der Waals surface area contributed by atoms with E-state index in [-0.39, 0.29) is 5.91 Å². The molecular weight excluding hydrogens is 525 g/mol. The molecule has 3 aromatic rings. The second-order valence-corrected chi connectivity index (χ2v) is 8.18. The molecule has 0 saturated heterocycles. The van der Waals surface area contributed by atoms with E-state index >= 15 is 0 Å². The van der Waals surface area contributed by atoms with Crippen molar-refractivity contribution in [2.75, 3.05) is 10.6 Å². The second kappa shape index (κ2) is 10.7. The van der Waals surface area contributed by atoms with Gasteiger partial charge in [-0.1, -0.05) is 42.5 Å². The van der Waals surface area contributed by atoms with Gasteiger partial charge in [-0.2, -0.15) is 18.3 Å². The smallest absolute Gasteiger partial charge is 0.322 e. The quantitative estimate of drug-likeness (QED) is 0.274. The maximum Gasteiger partial charge on any atom is 0.416 e. The Balaban J connectivity index is 1.79. The van der Waals surface area contributed by atoms with Crippen molar-refractivity contribution in [2.24, 2.45) is 7.05 Å². The molecule has 0 atom stereocenters. The molecule has 3 rings (SSSR count). The molecule has 6 nitrogen and oxygen atoms in total. The normalized spacial score (nSPS) is 12.4. The highest BCUT2D eigenvalue weighted by Crippen LogP contribution is 2.35. The van der Waals surface area contributed by atoms with Gasteiger partial charge in [0.15, 0.2) is 0 Å². The number of aryl methyl sites for hydroxylation is 1. The molecule has 0 saturated carbocycles. The average molecular weight is 547 g/mol. The molecule has 1 aromatic heterocycles. The number of rotatable bonds is 6. The molecule has 0 spiro atoms. The van der Waals surface area contributed by atoms with Gasteiger partial charge in [-0.05, 0) is 54.0 Å². The molecule has 35 heavy (non-hydrogen) atoms. The molecule has 0 aliphatic heterocycles. The number of anilines is 2. The summed E-state index contributed by atoms with van der Waals surface area (Å²) in [7, 11) is 1.68. The van der Waals surface area contributed by atoms with Crippen molar-refractivity contribution in [3.8, 4) is 11.3 Å². The molecule has 0 aliphatic rings. The number of nitrogens with one attached hydrogen (secondary N) is 2. The Bertz CT molecular complexity index is 1290. The van der Waals surface area contributed by atoms with Crippen LogP contribution < -0.4 is 10.6 Å². The number of carbonyl (C=O) groups is 2. The summed E-state index contributed by atoms with van der Waals surface area (Å²) in [4.78, 5) is 25.0. The van der Waals surface area contributed by atoms with Gasteiger partial charge in [0.2, 0.25) is 0 Å². The van der Waals surface area contributed by atoms with Crippen molar-refractivity contribution >= 4 is 39.2 Å². The zero-order valence-electron chi connectivity index (χ0n) is 19.1. The number of halogens is 4. The Morgan fingerprint density at radius 3 is 2.14 bits per heavy atom. The number of hydrogen-bond acceptors (Lipinski definition) is 3. The summed E-state index contributed by atoms with van der Waals surface area (Å²) in [6.07, 6.45) is -2.65. The number of allylic oxidation sites excluding steroid dienone is 2. The van der Waals surface area contributed by atoms with Gasteiger partial charge in [-0.15, -0.1) is 0 Å². The predicted octanol–water partition coefficient (Wildman–Crippen LogP) is 6.50. The number of benzene rings is 2. The predicted molar refractivity (Wildman–Crippen MR) is 133 cm³/mol. The van der Waals surface area contributed by atoms with Crippen molar-refractivity contribution in [2.45, 2.75) is 20.0 Å². The molecular formula is C25H22BrF3N4O2. The monoisotopic (exact) mass is 546 g/mol. The third kappa shape index (κ3) is 5.89. The van der Waals surface area contributed by atoms with E-state index in [2.05, 4.69) is 31.7 Å². The van der Waals surface area contributed by atoms with Gasteiger partial charge in [0.05, 0.1) is 10.0 Å². The highest BCUT2D eigenvalue weighted by molar-refractivity contribution is 9.10. The maximum atomic E-state index is 13.2.